The van der Waals surface area contributed by atoms with Crippen LogP contribution in [0.25, 0.3) is 0 Å². The molecule has 1 saturated heterocycles. The van der Waals surface area contributed by atoms with Crippen LogP contribution in [0.1, 0.15) is 38.3 Å². The van der Waals surface area contributed by atoms with Crippen LogP contribution in [-0.4, -0.2) is 24.0 Å². The number of hydrogen-bond donors (Lipinski definition) is 1. The maximum absolute atomic E-state index is 6.32. The summed E-state index contributed by atoms with van der Waals surface area (Å²) in [6.07, 6.45) is 2.19. The van der Waals surface area contributed by atoms with Crippen molar-refractivity contribution in [1.82, 2.24) is 4.90 Å². The third kappa shape index (κ3) is 3.25. The average Bonchev–Trinajstić information content (AvgIpc) is 2.41. The molecule has 0 bridgehead atoms. The lowest BCUT2D eigenvalue weighted by Gasteiger charge is -2.40. The minimum Gasteiger partial charge on any atom is -0.327 e. The van der Waals surface area contributed by atoms with Crippen molar-refractivity contribution in [3.63, 3.8) is 0 Å². The van der Waals surface area contributed by atoms with Gasteiger partial charge in [0, 0.05) is 25.2 Å². The predicted octanol–water partition coefficient (Wildman–Crippen LogP) is 4.11. The van der Waals surface area contributed by atoms with Crippen molar-refractivity contribution < 1.29 is 0 Å². The summed E-state index contributed by atoms with van der Waals surface area (Å²) in [7, 11) is 0. The molecule has 0 aliphatic carbocycles. The molecule has 1 aromatic carbocycles. The van der Waals surface area contributed by atoms with Crippen molar-refractivity contribution in [2.45, 2.75) is 38.8 Å². The number of nitrogens with zero attached hydrogens (tertiary/aromatic N) is 1. The summed E-state index contributed by atoms with van der Waals surface area (Å²) in [6, 6.07) is 6.48. The van der Waals surface area contributed by atoms with E-state index < -0.39 is 0 Å². The highest BCUT2D eigenvalue weighted by Crippen LogP contribution is 2.34. The zero-order valence-electron chi connectivity index (χ0n) is 11.6. The zero-order chi connectivity index (χ0) is 14.0. The highest BCUT2D eigenvalue weighted by atomic mass is 35.5. The van der Waals surface area contributed by atoms with Crippen LogP contribution in [0.5, 0.6) is 0 Å². The van der Waals surface area contributed by atoms with E-state index >= 15 is 0 Å². The summed E-state index contributed by atoms with van der Waals surface area (Å²) in [4.78, 5) is 2.47. The Hall–Kier alpha value is -0.280. The van der Waals surface area contributed by atoms with Gasteiger partial charge >= 0.3 is 0 Å². The van der Waals surface area contributed by atoms with Gasteiger partial charge in [-0.05, 0) is 30.9 Å². The fourth-order valence-electron chi connectivity index (χ4n) is 2.90. The van der Waals surface area contributed by atoms with E-state index in [1.165, 1.54) is 0 Å². The molecule has 2 nitrogen and oxygen atoms in total. The quantitative estimate of drug-likeness (QED) is 0.910. The van der Waals surface area contributed by atoms with Crippen molar-refractivity contribution in [2.24, 2.45) is 11.7 Å². The van der Waals surface area contributed by atoms with Gasteiger partial charge in [0.05, 0.1) is 10.0 Å². The molecule has 4 heteroatoms. The van der Waals surface area contributed by atoms with E-state index in [2.05, 4.69) is 24.8 Å². The Kier molecular flexibility index (Phi) is 5.13. The third-order valence-corrected chi connectivity index (χ3v) is 5.16. The van der Waals surface area contributed by atoms with Gasteiger partial charge in [0.15, 0.2) is 0 Å². The molecule has 3 atom stereocenters. The van der Waals surface area contributed by atoms with Crippen LogP contribution in [0.4, 0.5) is 0 Å². The van der Waals surface area contributed by atoms with E-state index in [-0.39, 0.29) is 6.04 Å². The second-order valence-electron chi connectivity index (χ2n) is 5.43. The Morgan fingerprint density at radius 3 is 2.84 bits per heavy atom. The predicted molar refractivity (Wildman–Crippen MR) is 82.8 cm³/mol. The van der Waals surface area contributed by atoms with Gasteiger partial charge in [0.1, 0.15) is 0 Å². The van der Waals surface area contributed by atoms with Crippen LogP contribution >= 0.6 is 23.2 Å². The monoisotopic (exact) mass is 300 g/mol. The van der Waals surface area contributed by atoms with E-state index in [0.29, 0.717) is 22.0 Å². The third-order valence-electron chi connectivity index (χ3n) is 4.33. The Morgan fingerprint density at radius 2 is 2.16 bits per heavy atom. The Labute approximate surface area is 125 Å². The fourth-order valence-corrected chi connectivity index (χ4v) is 3.37. The maximum Gasteiger partial charge on any atom is 0.0640 e. The number of halogens is 2. The molecule has 1 fully saturated rings. The van der Waals surface area contributed by atoms with Crippen LogP contribution in [0.15, 0.2) is 18.2 Å². The second-order valence-corrected chi connectivity index (χ2v) is 6.22. The molecule has 19 heavy (non-hydrogen) atoms. The van der Waals surface area contributed by atoms with Crippen LogP contribution in [-0.2, 0) is 0 Å². The zero-order valence-corrected chi connectivity index (χ0v) is 13.1. The number of hydrogen-bond acceptors (Lipinski definition) is 2. The smallest absolute Gasteiger partial charge is 0.0640 e. The molecular formula is C15H22Cl2N2. The molecule has 0 spiro atoms. The minimum atomic E-state index is 0.285. The van der Waals surface area contributed by atoms with Crippen molar-refractivity contribution >= 4 is 23.2 Å². The molecule has 1 heterocycles. The van der Waals surface area contributed by atoms with Crippen molar-refractivity contribution in [3.05, 3.63) is 33.8 Å². The molecule has 0 radical (unpaired) electrons. The molecule has 0 saturated carbocycles. The first kappa shape index (κ1) is 15.1. The van der Waals surface area contributed by atoms with E-state index in [0.717, 1.165) is 31.5 Å². The topological polar surface area (TPSA) is 29.3 Å². The number of likely N-dealkylation sites (tertiary alicyclic amines) is 1. The molecule has 1 aliphatic rings. The standard InChI is InChI=1S/C15H22Cl2N2/c1-3-11-9-19(8-7-14(11)18)10(2)12-5-4-6-13(16)15(12)17/h4-6,10-11,14H,3,7-9,18H2,1-2H3. The van der Waals surface area contributed by atoms with Crippen molar-refractivity contribution in [3.8, 4) is 0 Å². The molecule has 1 aromatic rings. The molecule has 3 unspecified atom stereocenters. The normalized spacial score (nSPS) is 26.4. The lowest BCUT2D eigenvalue weighted by Crippen LogP contribution is -2.47. The Bertz CT molecular complexity index is 436. The van der Waals surface area contributed by atoms with Gasteiger partial charge in [-0.1, -0.05) is 48.7 Å². The van der Waals surface area contributed by atoms with Gasteiger partial charge in [-0.2, -0.15) is 0 Å². The molecular weight excluding hydrogens is 279 g/mol. The van der Waals surface area contributed by atoms with Crippen LogP contribution in [0, 0.1) is 5.92 Å². The van der Waals surface area contributed by atoms with E-state index in [9.17, 15) is 0 Å². The number of benzene rings is 1. The molecule has 0 aromatic heterocycles. The molecule has 2 N–H and O–H groups in total. The van der Waals surface area contributed by atoms with Gasteiger partial charge in [0.25, 0.3) is 0 Å². The highest BCUT2D eigenvalue weighted by molar-refractivity contribution is 6.42. The van der Waals surface area contributed by atoms with Crippen LogP contribution in [0.2, 0.25) is 10.0 Å². The van der Waals surface area contributed by atoms with E-state index in [4.69, 9.17) is 28.9 Å². The van der Waals surface area contributed by atoms with Crippen LogP contribution < -0.4 is 5.73 Å². The lowest BCUT2D eigenvalue weighted by molar-refractivity contribution is 0.114. The summed E-state index contributed by atoms with van der Waals surface area (Å²) in [6.45, 7) is 6.48. The SMILES string of the molecule is CCC1CN(C(C)c2cccc(Cl)c2Cl)CCC1N. The minimum absolute atomic E-state index is 0.285. The Balaban J connectivity index is 2.15. The van der Waals surface area contributed by atoms with Gasteiger partial charge in [0.2, 0.25) is 0 Å². The summed E-state index contributed by atoms with van der Waals surface area (Å²) in [5.41, 5.74) is 7.28. The number of rotatable bonds is 3. The fraction of sp³-hybridized carbons (Fsp3) is 0.600. The van der Waals surface area contributed by atoms with Gasteiger partial charge in [-0.15, -0.1) is 0 Å². The average molecular weight is 301 g/mol. The molecule has 106 valence electrons. The second kappa shape index (κ2) is 6.45. The van der Waals surface area contributed by atoms with Gasteiger partial charge in [-0.3, -0.25) is 4.90 Å². The summed E-state index contributed by atoms with van der Waals surface area (Å²) in [5, 5.41) is 1.31. The van der Waals surface area contributed by atoms with Crippen molar-refractivity contribution in [2.75, 3.05) is 13.1 Å². The van der Waals surface area contributed by atoms with E-state index in [1.54, 1.807) is 0 Å². The van der Waals surface area contributed by atoms with Gasteiger partial charge in [-0.25, -0.2) is 0 Å². The lowest BCUT2D eigenvalue weighted by atomic mass is 9.89. The van der Waals surface area contributed by atoms with Crippen LogP contribution in [0.3, 0.4) is 0 Å². The van der Waals surface area contributed by atoms with Gasteiger partial charge < -0.3 is 5.73 Å². The van der Waals surface area contributed by atoms with E-state index in [1.807, 2.05) is 12.1 Å². The first-order valence-corrected chi connectivity index (χ1v) is 7.73. The largest absolute Gasteiger partial charge is 0.327 e. The Morgan fingerprint density at radius 1 is 1.42 bits per heavy atom. The summed E-state index contributed by atoms with van der Waals surface area (Å²) < 4.78 is 0. The number of nitrogens with two attached hydrogens (primary N) is 1. The first-order valence-electron chi connectivity index (χ1n) is 6.98. The van der Waals surface area contributed by atoms with Crippen molar-refractivity contribution in [1.29, 1.82) is 0 Å². The molecule has 1 aliphatic heterocycles. The summed E-state index contributed by atoms with van der Waals surface area (Å²) >= 11 is 12.4. The molecule has 2 rings (SSSR count). The number of piperidine rings is 1. The first-order chi connectivity index (χ1) is 9.04. The maximum atomic E-state index is 6.32. The molecule has 0 amide bonds. The summed E-state index contributed by atoms with van der Waals surface area (Å²) in [5.74, 6) is 0.578. The highest BCUT2D eigenvalue weighted by Gasteiger charge is 2.29.